The van der Waals surface area contributed by atoms with Crippen LogP contribution in [0.1, 0.15) is 27.7 Å². The van der Waals surface area contributed by atoms with E-state index < -0.39 is 6.35 Å². The first-order valence-electron chi connectivity index (χ1n) is 6.47. The Labute approximate surface area is 113 Å². The van der Waals surface area contributed by atoms with Crippen LogP contribution < -0.4 is 21.3 Å². The van der Waals surface area contributed by atoms with Crippen LogP contribution in [0.15, 0.2) is 18.2 Å². The fourth-order valence-electron chi connectivity index (χ4n) is 2.20. The first-order valence-corrected chi connectivity index (χ1v) is 6.47. The Hall–Kier alpha value is -1.24. The number of benzene rings is 1. The number of rotatable bonds is 1. The van der Waals surface area contributed by atoms with Crippen LogP contribution >= 0.6 is 0 Å². The second-order valence-electron chi connectivity index (χ2n) is 6.03. The number of nitrogens with two attached hydrogens (primary N) is 1. The van der Waals surface area contributed by atoms with Crippen LogP contribution in [0.5, 0.6) is 5.75 Å². The maximum absolute atomic E-state index is 6.01. The zero-order chi connectivity index (χ0) is 13.8. The van der Waals surface area contributed by atoms with E-state index in [1.807, 2.05) is 45.9 Å². The van der Waals surface area contributed by atoms with Gasteiger partial charge in [0.2, 0.25) is 6.35 Å². The Morgan fingerprint density at radius 3 is 2.42 bits per heavy atom. The van der Waals surface area contributed by atoms with Crippen molar-refractivity contribution in [2.45, 2.75) is 45.2 Å². The lowest BCUT2D eigenvalue weighted by Crippen LogP contribution is -2.41. The molecule has 3 rings (SSSR count). The maximum atomic E-state index is 6.01. The van der Waals surface area contributed by atoms with E-state index in [-0.39, 0.29) is 18.3 Å². The number of nitrogens with one attached hydrogen (secondary N) is 1. The molecule has 1 atom stereocenters. The fourth-order valence-corrected chi connectivity index (χ4v) is 2.20. The smallest absolute Gasteiger partial charge is 0.456 e. The van der Waals surface area contributed by atoms with Crippen molar-refractivity contribution in [3.63, 3.8) is 0 Å². The highest BCUT2D eigenvalue weighted by molar-refractivity contribution is 6.62. The van der Waals surface area contributed by atoms with Gasteiger partial charge in [-0.15, -0.1) is 0 Å². The van der Waals surface area contributed by atoms with E-state index in [1.165, 1.54) is 0 Å². The van der Waals surface area contributed by atoms with Gasteiger partial charge in [0.1, 0.15) is 5.75 Å². The van der Waals surface area contributed by atoms with Crippen molar-refractivity contribution < 1.29 is 14.0 Å². The van der Waals surface area contributed by atoms with Gasteiger partial charge < -0.3 is 19.4 Å². The van der Waals surface area contributed by atoms with Crippen molar-refractivity contribution in [3.05, 3.63) is 18.2 Å². The predicted octanol–water partition coefficient (Wildman–Crippen LogP) is 1.03. The molecule has 1 saturated heterocycles. The molecule has 0 bridgehead atoms. The third-order valence-corrected chi connectivity index (χ3v) is 4.08. The molecule has 1 aromatic carbocycles. The molecule has 1 unspecified atom stereocenters. The molecule has 19 heavy (non-hydrogen) atoms. The molecule has 1 aromatic rings. The van der Waals surface area contributed by atoms with Crippen LogP contribution in [0.25, 0.3) is 0 Å². The van der Waals surface area contributed by atoms with E-state index in [1.54, 1.807) is 0 Å². The van der Waals surface area contributed by atoms with E-state index in [0.29, 0.717) is 0 Å². The number of hydrogen-bond donors (Lipinski definition) is 2. The fraction of sp³-hybridized carbons (Fsp3) is 0.538. The molecule has 2 aliphatic heterocycles. The number of anilines is 1. The summed E-state index contributed by atoms with van der Waals surface area (Å²) in [7, 11) is -0.379. The average Bonchev–Trinajstić information content (AvgIpc) is 2.74. The summed E-state index contributed by atoms with van der Waals surface area (Å²) in [6, 6.07) is 5.81. The molecule has 1 fully saturated rings. The molecule has 6 heteroatoms. The van der Waals surface area contributed by atoms with Gasteiger partial charge in [-0.25, -0.2) is 0 Å². The third kappa shape index (κ3) is 2.00. The lowest BCUT2D eigenvalue weighted by Gasteiger charge is -2.32. The minimum absolute atomic E-state index is 0.341. The maximum Gasteiger partial charge on any atom is 0.494 e. The van der Waals surface area contributed by atoms with Gasteiger partial charge in [-0.05, 0) is 45.3 Å². The van der Waals surface area contributed by atoms with Crippen molar-refractivity contribution in [1.82, 2.24) is 0 Å². The predicted molar refractivity (Wildman–Crippen MR) is 74.4 cm³/mol. The first kappa shape index (κ1) is 12.8. The largest absolute Gasteiger partial charge is 0.494 e. The summed E-state index contributed by atoms with van der Waals surface area (Å²) in [5, 5.41) is 3.02. The minimum atomic E-state index is -0.483. The van der Waals surface area contributed by atoms with Gasteiger partial charge >= 0.3 is 7.12 Å². The molecule has 0 saturated carbocycles. The molecule has 2 aliphatic rings. The molecule has 3 N–H and O–H groups in total. The summed E-state index contributed by atoms with van der Waals surface area (Å²) < 4.78 is 17.5. The Morgan fingerprint density at radius 2 is 1.79 bits per heavy atom. The van der Waals surface area contributed by atoms with Gasteiger partial charge in [-0.3, -0.25) is 5.73 Å². The summed E-state index contributed by atoms with van der Waals surface area (Å²) in [4.78, 5) is 0. The molecule has 0 aromatic heterocycles. The molecule has 0 amide bonds. The highest BCUT2D eigenvalue weighted by atomic mass is 16.7. The van der Waals surface area contributed by atoms with Gasteiger partial charge in [-0.2, -0.15) is 0 Å². The second-order valence-corrected chi connectivity index (χ2v) is 6.03. The molecule has 102 valence electrons. The lowest BCUT2D eigenvalue weighted by atomic mass is 9.79. The van der Waals surface area contributed by atoms with Gasteiger partial charge in [0.25, 0.3) is 0 Å². The second kappa shape index (κ2) is 3.88. The van der Waals surface area contributed by atoms with Crippen molar-refractivity contribution in [2.24, 2.45) is 5.73 Å². The van der Waals surface area contributed by atoms with E-state index in [9.17, 15) is 0 Å². The summed E-state index contributed by atoms with van der Waals surface area (Å²) in [6.45, 7) is 8.14. The van der Waals surface area contributed by atoms with Crippen molar-refractivity contribution >= 4 is 18.3 Å². The van der Waals surface area contributed by atoms with Crippen LogP contribution in [-0.4, -0.2) is 24.7 Å². The summed E-state index contributed by atoms with van der Waals surface area (Å²) >= 11 is 0. The number of fused-ring (bicyclic) bond motifs is 1. The van der Waals surface area contributed by atoms with Crippen LogP contribution in [0.4, 0.5) is 5.69 Å². The average molecular weight is 262 g/mol. The Morgan fingerprint density at radius 1 is 1.16 bits per heavy atom. The Kier molecular flexibility index (Phi) is 2.61. The summed E-state index contributed by atoms with van der Waals surface area (Å²) in [5.74, 6) is 0.736. The number of hydrogen-bond acceptors (Lipinski definition) is 5. The third-order valence-electron chi connectivity index (χ3n) is 4.08. The number of ether oxygens (including phenoxy) is 1. The van der Waals surface area contributed by atoms with Gasteiger partial charge in [-0.1, -0.05) is 6.07 Å². The van der Waals surface area contributed by atoms with Crippen LogP contribution in [-0.2, 0) is 9.31 Å². The molecule has 2 heterocycles. The van der Waals surface area contributed by atoms with Crippen molar-refractivity contribution in [2.75, 3.05) is 5.32 Å². The molecule has 5 nitrogen and oxygen atoms in total. The Balaban J connectivity index is 1.88. The first-order chi connectivity index (χ1) is 8.78. The normalized spacial score (nSPS) is 26.8. The molecular formula is C13H19BN2O3. The summed E-state index contributed by atoms with van der Waals surface area (Å²) in [6.07, 6.45) is -0.483. The molecule has 0 aliphatic carbocycles. The van der Waals surface area contributed by atoms with E-state index in [4.69, 9.17) is 19.8 Å². The zero-order valence-corrected chi connectivity index (χ0v) is 11.7. The van der Waals surface area contributed by atoms with E-state index >= 15 is 0 Å². The molecule has 0 spiro atoms. The summed E-state index contributed by atoms with van der Waals surface area (Å²) in [5.41, 5.74) is 6.83. The van der Waals surface area contributed by atoms with Crippen LogP contribution in [0, 0.1) is 0 Å². The molecule has 0 radical (unpaired) electrons. The van der Waals surface area contributed by atoms with E-state index in [0.717, 1.165) is 16.9 Å². The van der Waals surface area contributed by atoms with E-state index in [2.05, 4.69) is 5.32 Å². The van der Waals surface area contributed by atoms with Gasteiger partial charge in [0.05, 0.1) is 16.9 Å². The van der Waals surface area contributed by atoms with Crippen molar-refractivity contribution in [3.8, 4) is 5.75 Å². The minimum Gasteiger partial charge on any atom is -0.456 e. The highest BCUT2D eigenvalue weighted by Crippen LogP contribution is 2.37. The quantitative estimate of drug-likeness (QED) is 0.740. The topological polar surface area (TPSA) is 65.7 Å². The lowest BCUT2D eigenvalue weighted by molar-refractivity contribution is 0.00578. The van der Waals surface area contributed by atoms with Gasteiger partial charge in [0.15, 0.2) is 0 Å². The zero-order valence-electron chi connectivity index (χ0n) is 11.7. The molecular weight excluding hydrogens is 243 g/mol. The highest BCUT2D eigenvalue weighted by Gasteiger charge is 2.51. The SMILES string of the molecule is CC1(C)OB(c2ccc3c(c2)OC(N)N3)OC1(C)C. The standard InChI is InChI=1S/C13H19BN2O3/c1-12(2)13(3,4)19-14(18-12)8-5-6-9-10(7-8)17-11(15)16-9/h5-7,11,16H,15H2,1-4H3. The van der Waals surface area contributed by atoms with Crippen LogP contribution in [0.3, 0.4) is 0 Å². The van der Waals surface area contributed by atoms with Crippen LogP contribution in [0.2, 0.25) is 0 Å². The monoisotopic (exact) mass is 262 g/mol. The van der Waals surface area contributed by atoms with Gasteiger partial charge in [0, 0.05) is 0 Å². The Bertz CT molecular complexity index is 503. The van der Waals surface area contributed by atoms with Crippen molar-refractivity contribution in [1.29, 1.82) is 0 Å².